The minimum absolute atomic E-state index is 0.0839. The molecular weight excluding hydrogens is 306 g/mol. The fourth-order valence-corrected chi connectivity index (χ4v) is 2.82. The van der Waals surface area contributed by atoms with Gasteiger partial charge >= 0.3 is 10.2 Å². The monoisotopic (exact) mass is 327 g/mol. The van der Waals surface area contributed by atoms with Crippen LogP contribution in [0.2, 0.25) is 0 Å². The van der Waals surface area contributed by atoms with Gasteiger partial charge in [-0.15, -0.1) is 8.80 Å². The fourth-order valence-electron chi connectivity index (χ4n) is 2.06. The van der Waals surface area contributed by atoms with E-state index in [1.165, 1.54) is 0 Å². The first kappa shape index (κ1) is 16.5. The van der Waals surface area contributed by atoms with Gasteiger partial charge in [-0.1, -0.05) is 0 Å². The third-order valence-electron chi connectivity index (χ3n) is 2.99. The Morgan fingerprint density at radius 1 is 1.23 bits per heavy atom. The minimum Gasteiger partial charge on any atom is -0.465 e. The Kier molecular flexibility index (Phi) is 5.19. The molecule has 0 saturated carbocycles. The van der Waals surface area contributed by atoms with Gasteiger partial charge in [0, 0.05) is 13.0 Å². The molecule has 0 amide bonds. The van der Waals surface area contributed by atoms with Crippen LogP contribution in [0.25, 0.3) is 0 Å². The first-order valence-corrected chi connectivity index (χ1v) is 8.42. The van der Waals surface area contributed by atoms with Gasteiger partial charge in [-0.25, -0.2) is 0 Å². The summed E-state index contributed by atoms with van der Waals surface area (Å²) >= 11 is 0. The normalized spacial score (nSPS) is 16.7. The molecule has 0 bridgehead atoms. The maximum atomic E-state index is 11.1. The summed E-state index contributed by atoms with van der Waals surface area (Å²) in [6.07, 6.45) is 2.60. The van der Waals surface area contributed by atoms with Crippen LogP contribution in [0.4, 0.5) is 0 Å². The predicted octanol–water partition coefficient (Wildman–Crippen LogP) is 0.268. The number of unbranched alkanes of at least 4 members (excludes halogenated alkanes) is 1. The third-order valence-corrected chi connectivity index (χ3v) is 3.84. The molecule has 1 aromatic rings. The first-order valence-electron chi connectivity index (χ1n) is 7.02. The Morgan fingerprint density at radius 3 is 2.59 bits per heavy atom. The Hall–Kier alpha value is -1.87. The van der Waals surface area contributed by atoms with Gasteiger partial charge in [-0.2, -0.15) is 8.42 Å². The van der Waals surface area contributed by atoms with Gasteiger partial charge in [-0.3, -0.25) is 0 Å². The van der Waals surface area contributed by atoms with Gasteiger partial charge in [0.1, 0.15) is 11.5 Å². The molecule has 0 radical (unpaired) electrons. The Labute approximate surface area is 130 Å². The zero-order valence-corrected chi connectivity index (χ0v) is 13.6. The Morgan fingerprint density at radius 2 is 1.95 bits per heavy atom. The van der Waals surface area contributed by atoms with Crippen molar-refractivity contribution < 1.29 is 12.8 Å². The zero-order chi connectivity index (χ0) is 16.2. The number of furan rings is 1. The molecule has 22 heavy (non-hydrogen) atoms. The molecule has 0 unspecified atom stereocenters. The Balaban J connectivity index is 1.68. The molecule has 122 valence electrons. The van der Waals surface area contributed by atoms with Crippen LogP contribution < -0.4 is 11.1 Å². The number of hydrogen-bond acceptors (Lipinski definition) is 6. The minimum atomic E-state index is -3.77. The van der Waals surface area contributed by atoms with Crippen LogP contribution in [0, 0.1) is 0 Å². The summed E-state index contributed by atoms with van der Waals surface area (Å²) in [6.45, 7) is 1.37. The van der Waals surface area contributed by atoms with Crippen LogP contribution in [0.15, 0.2) is 25.3 Å². The summed E-state index contributed by atoms with van der Waals surface area (Å²) in [7, 11) is 0.222. The standard InChI is InChI=1S/C13H21N5O3S/c1-18(2)9-11-7-6-10(21-11)5-3-4-8-15-13-12(14)16-22(19,20)17-13/h6-7H,3-5,8-9H2,1-2H3,(H2,14,16)(H,15,17). The van der Waals surface area contributed by atoms with E-state index in [0.717, 1.165) is 37.3 Å². The molecule has 2 rings (SSSR count). The maximum absolute atomic E-state index is 11.1. The SMILES string of the molecule is CN(C)Cc1ccc(CCCCNC2=NS(=O)(=O)N=C2N)o1. The van der Waals surface area contributed by atoms with Crippen LogP contribution in [0.5, 0.6) is 0 Å². The van der Waals surface area contributed by atoms with E-state index in [0.29, 0.717) is 6.54 Å². The lowest BCUT2D eigenvalue weighted by molar-refractivity contribution is 0.340. The quantitative estimate of drug-likeness (QED) is 0.695. The highest BCUT2D eigenvalue weighted by Gasteiger charge is 2.20. The summed E-state index contributed by atoms with van der Waals surface area (Å²) in [4.78, 5) is 2.05. The second-order valence-electron chi connectivity index (χ2n) is 5.35. The number of nitrogens with two attached hydrogens (primary N) is 1. The lowest BCUT2D eigenvalue weighted by atomic mass is 10.2. The second kappa shape index (κ2) is 6.93. The predicted molar refractivity (Wildman–Crippen MR) is 85.0 cm³/mol. The van der Waals surface area contributed by atoms with Crippen LogP contribution in [0.1, 0.15) is 24.4 Å². The van der Waals surface area contributed by atoms with Crippen molar-refractivity contribution in [1.82, 2.24) is 10.2 Å². The van der Waals surface area contributed by atoms with Gasteiger partial charge in [-0.05, 0) is 39.1 Å². The molecule has 2 heterocycles. The zero-order valence-electron chi connectivity index (χ0n) is 12.7. The molecule has 0 aromatic carbocycles. The first-order chi connectivity index (χ1) is 10.4. The number of hydrogen-bond donors (Lipinski definition) is 2. The number of nitrogens with one attached hydrogen (secondary N) is 1. The van der Waals surface area contributed by atoms with Gasteiger partial charge in [0.15, 0.2) is 11.7 Å². The molecule has 0 atom stereocenters. The molecule has 8 nitrogen and oxygen atoms in total. The fraction of sp³-hybridized carbons (Fsp3) is 0.538. The van der Waals surface area contributed by atoms with Crippen molar-refractivity contribution in [2.24, 2.45) is 14.5 Å². The van der Waals surface area contributed by atoms with E-state index in [9.17, 15) is 8.42 Å². The van der Waals surface area contributed by atoms with Gasteiger partial charge in [0.25, 0.3) is 0 Å². The average Bonchev–Trinajstić information content (AvgIpc) is 2.92. The third kappa shape index (κ3) is 4.85. The van der Waals surface area contributed by atoms with Gasteiger partial charge in [0.05, 0.1) is 6.54 Å². The molecular formula is C13H21N5O3S. The van der Waals surface area contributed by atoms with E-state index in [2.05, 4.69) is 19.0 Å². The summed E-state index contributed by atoms with van der Waals surface area (Å²) < 4.78 is 34.6. The summed E-state index contributed by atoms with van der Waals surface area (Å²) in [5.74, 6) is 1.96. The van der Waals surface area contributed by atoms with Crippen molar-refractivity contribution in [2.45, 2.75) is 25.8 Å². The molecule has 0 spiro atoms. The highest BCUT2D eigenvalue weighted by molar-refractivity contribution is 7.89. The van der Waals surface area contributed by atoms with E-state index in [-0.39, 0.29) is 11.7 Å². The van der Waals surface area contributed by atoms with Crippen molar-refractivity contribution in [3.8, 4) is 0 Å². The Bertz CT molecular complexity index is 676. The van der Waals surface area contributed by atoms with E-state index in [1.54, 1.807) is 0 Å². The number of aryl methyl sites for hydroxylation is 1. The summed E-state index contributed by atoms with van der Waals surface area (Å²) in [5.41, 5.74) is 5.46. The van der Waals surface area contributed by atoms with E-state index in [4.69, 9.17) is 10.2 Å². The maximum Gasteiger partial charge on any atom is 0.367 e. The lowest BCUT2D eigenvalue weighted by Crippen LogP contribution is -2.35. The van der Waals surface area contributed by atoms with Crippen molar-refractivity contribution in [1.29, 1.82) is 0 Å². The molecule has 1 aliphatic heterocycles. The van der Waals surface area contributed by atoms with Crippen LogP contribution in [0.3, 0.4) is 0 Å². The van der Waals surface area contributed by atoms with E-state index in [1.807, 2.05) is 26.2 Å². The molecule has 1 aliphatic rings. The van der Waals surface area contributed by atoms with Crippen LogP contribution in [-0.4, -0.2) is 45.6 Å². The second-order valence-corrected chi connectivity index (χ2v) is 6.61. The van der Waals surface area contributed by atoms with Crippen LogP contribution in [-0.2, 0) is 23.2 Å². The van der Waals surface area contributed by atoms with Crippen molar-refractivity contribution >= 4 is 21.9 Å². The molecule has 0 saturated heterocycles. The van der Waals surface area contributed by atoms with Crippen LogP contribution >= 0.6 is 0 Å². The van der Waals surface area contributed by atoms with Crippen molar-refractivity contribution in [3.63, 3.8) is 0 Å². The average molecular weight is 327 g/mol. The summed E-state index contributed by atoms with van der Waals surface area (Å²) in [6, 6.07) is 3.98. The number of amidine groups is 2. The number of nitrogens with zero attached hydrogens (tertiary/aromatic N) is 3. The van der Waals surface area contributed by atoms with E-state index < -0.39 is 10.2 Å². The van der Waals surface area contributed by atoms with E-state index >= 15 is 0 Å². The smallest absolute Gasteiger partial charge is 0.367 e. The number of rotatable bonds is 7. The summed E-state index contributed by atoms with van der Waals surface area (Å²) in [5, 5.41) is 2.88. The lowest BCUT2D eigenvalue weighted by Gasteiger charge is -2.06. The van der Waals surface area contributed by atoms with Crippen molar-refractivity contribution in [2.75, 3.05) is 20.6 Å². The molecule has 3 N–H and O–H groups in total. The largest absolute Gasteiger partial charge is 0.465 e. The highest BCUT2D eigenvalue weighted by atomic mass is 32.2. The highest BCUT2D eigenvalue weighted by Crippen LogP contribution is 2.12. The van der Waals surface area contributed by atoms with Gasteiger partial charge in [0.2, 0.25) is 0 Å². The molecule has 1 aromatic heterocycles. The molecule has 0 aliphatic carbocycles. The van der Waals surface area contributed by atoms with Gasteiger partial charge < -0.3 is 20.4 Å². The van der Waals surface area contributed by atoms with Crippen molar-refractivity contribution in [3.05, 3.63) is 23.7 Å². The molecule has 9 heteroatoms. The topological polar surface area (TPSA) is 113 Å². The molecule has 0 fully saturated rings.